The number of rotatable bonds is 3. The molecule has 0 aliphatic carbocycles. The fourth-order valence-corrected chi connectivity index (χ4v) is 3.09. The molecule has 1 aliphatic rings. The van der Waals surface area contributed by atoms with Gasteiger partial charge in [0.15, 0.2) is 0 Å². The minimum atomic E-state index is -0.110. The van der Waals surface area contributed by atoms with Crippen molar-refractivity contribution in [3.63, 3.8) is 0 Å². The Morgan fingerprint density at radius 3 is 3.05 bits per heavy atom. The van der Waals surface area contributed by atoms with Crippen LogP contribution >= 0.6 is 22.9 Å². The first-order valence-electron chi connectivity index (χ1n) is 6.60. The van der Waals surface area contributed by atoms with E-state index >= 15 is 0 Å². The van der Waals surface area contributed by atoms with Crippen molar-refractivity contribution in [2.75, 3.05) is 6.61 Å². The molecule has 1 amide bonds. The van der Waals surface area contributed by atoms with E-state index in [-0.39, 0.29) is 18.6 Å². The standard InChI is InChI=1S/C16H14ClNO2S/c1-10(15-3-2-6-21-15)18-16(19)12-7-11-8-13(17)4-5-14(11)20-9-12/h2-8,10H,9H2,1H3,(H,18,19)/t10-/m1/s1. The van der Waals surface area contributed by atoms with Crippen molar-refractivity contribution in [2.45, 2.75) is 13.0 Å². The molecule has 0 saturated carbocycles. The number of thiophene rings is 1. The predicted octanol–water partition coefficient (Wildman–Crippen LogP) is 4.05. The molecule has 0 fully saturated rings. The molecule has 1 aromatic heterocycles. The Morgan fingerprint density at radius 1 is 1.43 bits per heavy atom. The highest BCUT2D eigenvalue weighted by Gasteiger charge is 2.19. The minimum Gasteiger partial charge on any atom is -0.488 e. The highest BCUT2D eigenvalue weighted by molar-refractivity contribution is 7.10. The summed E-state index contributed by atoms with van der Waals surface area (Å²) in [5.41, 5.74) is 1.44. The summed E-state index contributed by atoms with van der Waals surface area (Å²) in [6.45, 7) is 2.25. The van der Waals surface area contributed by atoms with Gasteiger partial charge in [-0.3, -0.25) is 4.79 Å². The predicted molar refractivity (Wildman–Crippen MR) is 85.8 cm³/mol. The second-order valence-electron chi connectivity index (χ2n) is 4.85. The van der Waals surface area contributed by atoms with Crippen LogP contribution in [0.4, 0.5) is 0 Å². The lowest BCUT2D eigenvalue weighted by Crippen LogP contribution is -2.30. The van der Waals surface area contributed by atoms with Gasteiger partial charge in [-0.05, 0) is 42.6 Å². The van der Waals surface area contributed by atoms with Gasteiger partial charge in [-0.25, -0.2) is 0 Å². The molecule has 0 saturated heterocycles. The molecule has 1 aromatic carbocycles. The third kappa shape index (κ3) is 3.12. The zero-order chi connectivity index (χ0) is 14.8. The van der Waals surface area contributed by atoms with E-state index in [4.69, 9.17) is 16.3 Å². The number of hydrogen-bond acceptors (Lipinski definition) is 3. The van der Waals surface area contributed by atoms with E-state index in [1.165, 1.54) is 0 Å². The van der Waals surface area contributed by atoms with Gasteiger partial charge in [-0.15, -0.1) is 11.3 Å². The van der Waals surface area contributed by atoms with Crippen LogP contribution in [0.3, 0.4) is 0 Å². The Morgan fingerprint density at radius 2 is 2.29 bits per heavy atom. The highest BCUT2D eigenvalue weighted by Crippen LogP contribution is 2.29. The molecule has 0 radical (unpaired) electrons. The van der Waals surface area contributed by atoms with Gasteiger partial charge in [-0.2, -0.15) is 0 Å². The van der Waals surface area contributed by atoms with Gasteiger partial charge < -0.3 is 10.1 Å². The molecule has 2 heterocycles. The average molecular weight is 320 g/mol. The number of ether oxygens (including phenoxy) is 1. The third-order valence-electron chi connectivity index (χ3n) is 3.29. The molecule has 108 valence electrons. The lowest BCUT2D eigenvalue weighted by molar-refractivity contribution is -0.118. The lowest BCUT2D eigenvalue weighted by atomic mass is 10.1. The van der Waals surface area contributed by atoms with Crippen molar-refractivity contribution in [3.8, 4) is 5.75 Å². The molecule has 0 spiro atoms. The number of fused-ring (bicyclic) bond motifs is 1. The fourth-order valence-electron chi connectivity index (χ4n) is 2.18. The third-order valence-corrected chi connectivity index (χ3v) is 4.58. The first-order valence-corrected chi connectivity index (χ1v) is 7.86. The van der Waals surface area contributed by atoms with E-state index in [1.807, 2.05) is 36.6 Å². The lowest BCUT2D eigenvalue weighted by Gasteiger charge is -2.19. The smallest absolute Gasteiger partial charge is 0.251 e. The Kier molecular flexibility index (Phi) is 3.99. The number of halogens is 1. The number of amides is 1. The van der Waals surface area contributed by atoms with Crippen molar-refractivity contribution in [3.05, 3.63) is 56.7 Å². The normalized spacial score (nSPS) is 14.7. The Labute approximate surface area is 132 Å². The maximum Gasteiger partial charge on any atom is 0.251 e. The maximum absolute atomic E-state index is 12.3. The van der Waals surface area contributed by atoms with Crippen molar-refractivity contribution >= 4 is 34.9 Å². The molecule has 21 heavy (non-hydrogen) atoms. The van der Waals surface area contributed by atoms with Gasteiger partial charge >= 0.3 is 0 Å². The summed E-state index contributed by atoms with van der Waals surface area (Å²) in [7, 11) is 0. The van der Waals surface area contributed by atoms with Gasteiger partial charge in [0.25, 0.3) is 5.91 Å². The van der Waals surface area contributed by atoms with Crippen LogP contribution < -0.4 is 10.1 Å². The van der Waals surface area contributed by atoms with Gasteiger partial charge in [0.1, 0.15) is 12.4 Å². The van der Waals surface area contributed by atoms with Crippen LogP contribution in [-0.2, 0) is 4.79 Å². The van der Waals surface area contributed by atoms with E-state index in [9.17, 15) is 4.79 Å². The number of hydrogen-bond donors (Lipinski definition) is 1. The SMILES string of the molecule is C[C@@H](NC(=O)C1=Cc2cc(Cl)ccc2OC1)c1cccs1. The van der Waals surface area contributed by atoms with Gasteiger partial charge in [0.05, 0.1) is 11.6 Å². The average Bonchev–Trinajstić information content (AvgIpc) is 3.00. The molecule has 1 aliphatic heterocycles. The molecule has 1 atom stereocenters. The summed E-state index contributed by atoms with van der Waals surface area (Å²) in [6.07, 6.45) is 1.83. The van der Waals surface area contributed by atoms with Crippen molar-refractivity contribution in [1.82, 2.24) is 5.32 Å². The number of benzene rings is 1. The summed E-state index contributed by atoms with van der Waals surface area (Å²) in [5, 5.41) is 5.61. The first kappa shape index (κ1) is 14.2. The van der Waals surface area contributed by atoms with Gasteiger partial charge in [-0.1, -0.05) is 17.7 Å². The molecule has 0 bridgehead atoms. The number of nitrogens with one attached hydrogen (secondary N) is 1. The molecule has 3 nitrogen and oxygen atoms in total. The van der Waals surface area contributed by atoms with E-state index < -0.39 is 0 Å². The largest absolute Gasteiger partial charge is 0.488 e. The molecular weight excluding hydrogens is 306 g/mol. The fraction of sp³-hybridized carbons (Fsp3) is 0.188. The van der Waals surface area contributed by atoms with Crippen LogP contribution in [0.15, 0.2) is 41.3 Å². The topological polar surface area (TPSA) is 38.3 Å². The Balaban J connectivity index is 1.76. The first-order chi connectivity index (χ1) is 10.1. The maximum atomic E-state index is 12.3. The van der Waals surface area contributed by atoms with E-state index in [0.29, 0.717) is 10.6 Å². The summed E-state index contributed by atoms with van der Waals surface area (Å²) in [5.74, 6) is 0.642. The Hall–Kier alpha value is -1.78. The molecule has 0 unspecified atom stereocenters. The zero-order valence-corrected chi connectivity index (χ0v) is 13.0. The number of carbonyl (C=O) groups is 1. The molecule has 3 rings (SSSR count). The van der Waals surface area contributed by atoms with Crippen molar-refractivity contribution < 1.29 is 9.53 Å². The Bertz CT molecular complexity index is 694. The molecule has 2 aromatic rings. The van der Waals surface area contributed by atoms with E-state index in [0.717, 1.165) is 16.2 Å². The second kappa shape index (κ2) is 5.92. The summed E-state index contributed by atoms with van der Waals surface area (Å²) in [4.78, 5) is 13.4. The zero-order valence-electron chi connectivity index (χ0n) is 11.4. The van der Waals surface area contributed by atoms with Crippen LogP contribution in [0.2, 0.25) is 5.02 Å². The van der Waals surface area contributed by atoms with Gasteiger partial charge in [0.2, 0.25) is 0 Å². The van der Waals surface area contributed by atoms with Crippen LogP contribution in [0.25, 0.3) is 6.08 Å². The molecular formula is C16H14ClNO2S. The van der Waals surface area contributed by atoms with Crippen molar-refractivity contribution in [2.24, 2.45) is 0 Å². The highest BCUT2D eigenvalue weighted by atomic mass is 35.5. The minimum absolute atomic E-state index is 0.0147. The second-order valence-corrected chi connectivity index (χ2v) is 6.27. The molecule has 1 N–H and O–H groups in total. The van der Waals surface area contributed by atoms with Crippen LogP contribution in [0, 0.1) is 0 Å². The molecule has 5 heteroatoms. The van der Waals surface area contributed by atoms with E-state index in [2.05, 4.69) is 5.32 Å². The van der Waals surface area contributed by atoms with Crippen LogP contribution in [0.5, 0.6) is 5.75 Å². The van der Waals surface area contributed by atoms with Crippen LogP contribution in [0.1, 0.15) is 23.4 Å². The summed E-state index contributed by atoms with van der Waals surface area (Å²) in [6, 6.07) is 9.36. The van der Waals surface area contributed by atoms with Gasteiger partial charge in [0, 0.05) is 15.5 Å². The van der Waals surface area contributed by atoms with Crippen LogP contribution in [-0.4, -0.2) is 12.5 Å². The monoisotopic (exact) mass is 319 g/mol. The number of carbonyl (C=O) groups excluding carboxylic acids is 1. The van der Waals surface area contributed by atoms with E-state index in [1.54, 1.807) is 23.5 Å². The van der Waals surface area contributed by atoms with Crippen molar-refractivity contribution in [1.29, 1.82) is 0 Å². The summed E-state index contributed by atoms with van der Waals surface area (Å²) < 4.78 is 5.60. The quantitative estimate of drug-likeness (QED) is 0.926. The summed E-state index contributed by atoms with van der Waals surface area (Å²) >= 11 is 7.60.